The monoisotopic (exact) mass is 411 g/mol. The first kappa shape index (κ1) is 21.2. The van der Waals surface area contributed by atoms with Gasteiger partial charge in [0.1, 0.15) is 6.61 Å². The molecule has 0 aliphatic carbocycles. The lowest BCUT2D eigenvalue weighted by Crippen LogP contribution is -2.49. The highest BCUT2D eigenvalue weighted by atomic mass is 16.5. The van der Waals surface area contributed by atoms with Crippen molar-refractivity contribution in [3.63, 3.8) is 0 Å². The average molecular weight is 412 g/mol. The number of methoxy groups -OCH3 is 2. The summed E-state index contributed by atoms with van der Waals surface area (Å²) in [6, 6.07) is 15.4. The van der Waals surface area contributed by atoms with E-state index in [2.05, 4.69) is 48.2 Å². The first-order valence-corrected chi connectivity index (χ1v) is 10.9. The number of aryl methyl sites for hydroxylation is 1. The van der Waals surface area contributed by atoms with Gasteiger partial charge in [-0.1, -0.05) is 35.9 Å². The van der Waals surface area contributed by atoms with Crippen molar-refractivity contribution in [1.82, 2.24) is 4.90 Å². The van der Waals surface area contributed by atoms with Crippen LogP contribution < -0.4 is 9.47 Å². The third-order valence-electron chi connectivity index (χ3n) is 6.64. The number of hydrogen-bond acceptors (Lipinski definition) is 5. The minimum Gasteiger partial charge on any atom is -0.493 e. The molecular weight excluding hydrogens is 378 g/mol. The lowest BCUT2D eigenvalue weighted by molar-refractivity contribution is -0.0595. The van der Waals surface area contributed by atoms with Gasteiger partial charge in [-0.05, 0) is 55.9 Å². The largest absolute Gasteiger partial charge is 0.493 e. The summed E-state index contributed by atoms with van der Waals surface area (Å²) in [5.74, 6) is 1.50. The molecule has 0 amide bonds. The summed E-state index contributed by atoms with van der Waals surface area (Å²) in [5, 5.41) is 11.4. The summed E-state index contributed by atoms with van der Waals surface area (Å²) in [5.41, 5.74) is 2.78. The van der Waals surface area contributed by atoms with E-state index in [1.807, 2.05) is 6.07 Å². The topological polar surface area (TPSA) is 51.2 Å². The molecule has 0 spiro atoms. The quantitative estimate of drug-likeness (QED) is 0.665. The van der Waals surface area contributed by atoms with Gasteiger partial charge in [-0.25, -0.2) is 0 Å². The van der Waals surface area contributed by atoms with Gasteiger partial charge in [-0.2, -0.15) is 0 Å². The Morgan fingerprint density at radius 1 is 0.967 bits per heavy atom. The maximum absolute atomic E-state index is 11.4. The van der Waals surface area contributed by atoms with Gasteiger partial charge in [0.15, 0.2) is 11.5 Å². The number of hydrogen-bond donors (Lipinski definition) is 1. The number of benzene rings is 2. The maximum Gasteiger partial charge on any atom is 0.161 e. The van der Waals surface area contributed by atoms with Gasteiger partial charge in [0.25, 0.3) is 0 Å². The summed E-state index contributed by atoms with van der Waals surface area (Å²) < 4.78 is 16.4. The number of aliphatic hydroxyl groups is 1. The molecule has 30 heavy (non-hydrogen) atoms. The molecule has 2 aromatic rings. The predicted octanol–water partition coefficient (Wildman–Crippen LogP) is 4.04. The van der Waals surface area contributed by atoms with Crippen LogP contribution in [0.15, 0.2) is 42.5 Å². The molecule has 0 aromatic heterocycles. The van der Waals surface area contributed by atoms with E-state index in [0.29, 0.717) is 25.3 Å². The van der Waals surface area contributed by atoms with Gasteiger partial charge in [-0.15, -0.1) is 0 Å². The van der Waals surface area contributed by atoms with Gasteiger partial charge in [0.2, 0.25) is 0 Å². The Hall–Kier alpha value is -2.08. The second kappa shape index (κ2) is 8.96. The molecule has 0 saturated carbocycles. The van der Waals surface area contributed by atoms with Crippen LogP contribution in [0.5, 0.6) is 11.5 Å². The fourth-order valence-electron chi connectivity index (χ4n) is 5.05. The molecule has 5 heteroatoms. The highest BCUT2D eigenvalue weighted by molar-refractivity contribution is 5.43. The number of nitrogens with zero attached hydrogens (tertiary/aromatic N) is 1. The minimum atomic E-state index is -0.716. The lowest BCUT2D eigenvalue weighted by Gasteiger charge is -2.44. The Morgan fingerprint density at radius 3 is 2.30 bits per heavy atom. The summed E-state index contributed by atoms with van der Waals surface area (Å²) >= 11 is 0. The second-order valence-corrected chi connectivity index (χ2v) is 8.69. The third-order valence-corrected chi connectivity index (χ3v) is 6.64. The summed E-state index contributed by atoms with van der Waals surface area (Å²) in [6.45, 7) is 4.00. The number of fused-ring (bicyclic) bond motifs is 2. The fraction of sp³-hybridized carbons (Fsp3) is 0.520. The van der Waals surface area contributed by atoms with Crippen LogP contribution >= 0.6 is 0 Å². The van der Waals surface area contributed by atoms with Crippen molar-refractivity contribution in [2.24, 2.45) is 0 Å². The Kier molecular flexibility index (Phi) is 6.32. The molecule has 0 unspecified atom stereocenters. The van der Waals surface area contributed by atoms with Crippen molar-refractivity contribution in [2.75, 3.05) is 27.4 Å². The minimum absolute atomic E-state index is 0.402. The van der Waals surface area contributed by atoms with Gasteiger partial charge in [0, 0.05) is 25.7 Å². The van der Waals surface area contributed by atoms with E-state index in [1.54, 1.807) is 14.2 Å². The van der Waals surface area contributed by atoms with Crippen molar-refractivity contribution in [3.8, 4) is 11.5 Å². The molecule has 2 aromatic carbocycles. The highest BCUT2D eigenvalue weighted by Gasteiger charge is 2.48. The molecule has 162 valence electrons. The predicted molar refractivity (Wildman–Crippen MR) is 117 cm³/mol. The van der Waals surface area contributed by atoms with Crippen LogP contribution in [0.25, 0.3) is 0 Å². The van der Waals surface area contributed by atoms with Crippen LogP contribution in [-0.2, 0) is 16.9 Å². The van der Waals surface area contributed by atoms with Crippen molar-refractivity contribution in [2.45, 2.75) is 56.8 Å². The first-order valence-electron chi connectivity index (χ1n) is 10.9. The van der Waals surface area contributed by atoms with E-state index in [-0.39, 0.29) is 0 Å². The molecule has 5 nitrogen and oxygen atoms in total. The Morgan fingerprint density at radius 2 is 1.67 bits per heavy atom. The molecule has 1 N–H and O–H groups in total. The van der Waals surface area contributed by atoms with Gasteiger partial charge in [0.05, 0.1) is 19.3 Å². The van der Waals surface area contributed by atoms with Gasteiger partial charge < -0.3 is 19.3 Å². The van der Waals surface area contributed by atoms with Gasteiger partial charge in [-0.3, -0.25) is 4.90 Å². The third kappa shape index (κ3) is 4.34. The van der Waals surface area contributed by atoms with E-state index >= 15 is 0 Å². The summed E-state index contributed by atoms with van der Waals surface area (Å²) in [4.78, 5) is 2.57. The maximum atomic E-state index is 11.4. The van der Waals surface area contributed by atoms with Crippen LogP contribution in [0.3, 0.4) is 0 Å². The summed E-state index contributed by atoms with van der Waals surface area (Å²) in [7, 11) is 3.34. The van der Waals surface area contributed by atoms with Crippen molar-refractivity contribution in [1.29, 1.82) is 0 Å². The molecule has 2 saturated heterocycles. The highest BCUT2D eigenvalue weighted by Crippen LogP contribution is 2.46. The fourth-order valence-corrected chi connectivity index (χ4v) is 5.05. The average Bonchev–Trinajstić information content (AvgIpc) is 2.99. The number of rotatable bonds is 8. The van der Waals surface area contributed by atoms with E-state index in [9.17, 15) is 5.11 Å². The van der Waals surface area contributed by atoms with Crippen molar-refractivity contribution >= 4 is 0 Å². The van der Waals surface area contributed by atoms with Crippen LogP contribution in [0.1, 0.15) is 42.4 Å². The van der Waals surface area contributed by atoms with E-state index < -0.39 is 5.60 Å². The molecule has 2 aliphatic heterocycles. The Balaban J connectivity index is 1.46. The Bertz CT molecular complexity index is 837. The van der Waals surface area contributed by atoms with Crippen LogP contribution in [0.4, 0.5) is 0 Å². The van der Waals surface area contributed by atoms with Crippen molar-refractivity contribution < 1.29 is 19.3 Å². The lowest BCUT2D eigenvalue weighted by atomic mass is 9.80. The smallest absolute Gasteiger partial charge is 0.161 e. The van der Waals surface area contributed by atoms with Crippen molar-refractivity contribution in [3.05, 3.63) is 59.2 Å². The van der Waals surface area contributed by atoms with E-state index in [0.717, 1.165) is 49.3 Å². The molecule has 2 bridgehead atoms. The molecule has 2 atom stereocenters. The molecule has 2 fully saturated rings. The molecule has 4 rings (SSSR count). The van der Waals surface area contributed by atoms with E-state index in [1.165, 1.54) is 11.1 Å². The van der Waals surface area contributed by atoms with Crippen LogP contribution in [0, 0.1) is 6.92 Å². The number of piperidine rings is 1. The molecular formula is C25H33NO4. The standard InChI is InChI=1S/C25H33NO4/c1-18-4-7-20(8-5-18)25(27)15-21-9-10-22(16-25)26(21)17-19-6-11-23(24(14-19)29-3)30-13-12-28-2/h4-8,11,14,21-22,27H,9-10,12-13,15-17H2,1-3H3/t21-,22-/m1/s1. The molecule has 2 aliphatic rings. The normalized spacial score (nSPS) is 26.0. The second-order valence-electron chi connectivity index (χ2n) is 8.69. The summed E-state index contributed by atoms with van der Waals surface area (Å²) in [6.07, 6.45) is 3.88. The van der Waals surface area contributed by atoms with E-state index in [4.69, 9.17) is 14.2 Å². The zero-order chi connectivity index (χ0) is 21.1. The first-order chi connectivity index (χ1) is 14.5. The SMILES string of the molecule is COCCOc1ccc(CN2[C@@H]3CC[C@@H]2CC(O)(c2ccc(C)cc2)C3)cc1OC. The zero-order valence-corrected chi connectivity index (χ0v) is 18.3. The van der Waals surface area contributed by atoms with Crippen LogP contribution in [0.2, 0.25) is 0 Å². The molecule has 0 radical (unpaired) electrons. The van der Waals surface area contributed by atoms with Crippen LogP contribution in [-0.4, -0.2) is 49.5 Å². The zero-order valence-electron chi connectivity index (χ0n) is 18.3. The molecule has 2 heterocycles. The van der Waals surface area contributed by atoms with Gasteiger partial charge >= 0.3 is 0 Å². The Labute approximate surface area is 179 Å². The number of ether oxygens (including phenoxy) is 3.